The second kappa shape index (κ2) is 4.56. The van der Waals surface area contributed by atoms with E-state index in [-0.39, 0.29) is 0 Å². The number of hydrogen-bond donors (Lipinski definition) is 1. The smallest absolute Gasteiger partial charge is 0.161 e. The van der Waals surface area contributed by atoms with Crippen molar-refractivity contribution in [1.82, 2.24) is 4.98 Å². The first kappa shape index (κ1) is 10.9. The topological polar surface area (TPSA) is 57.4 Å². The second-order valence-electron chi connectivity index (χ2n) is 4.18. The van der Waals surface area contributed by atoms with E-state index in [4.69, 9.17) is 15.2 Å². The van der Waals surface area contributed by atoms with Crippen LogP contribution in [0.3, 0.4) is 0 Å². The van der Waals surface area contributed by atoms with Crippen LogP contribution in [0.5, 0.6) is 11.5 Å². The van der Waals surface area contributed by atoms with Crippen LogP contribution in [0.2, 0.25) is 0 Å². The summed E-state index contributed by atoms with van der Waals surface area (Å²) >= 11 is 0. The van der Waals surface area contributed by atoms with Crippen molar-refractivity contribution in [1.29, 1.82) is 0 Å². The van der Waals surface area contributed by atoms with Crippen LogP contribution < -0.4 is 15.2 Å². The summed E-state index contributed by atoms with van der Waals surface area (Å²) in [5.74, 6) is 2.12. The Morgan fingerprint density at radius 2 is 1.72 bits per heavy atom. The lowest BCUT2D eigenvalue weighted by molar-refractivity contribution is 0.297. The van der Waals surface area contributed by atoms with Gasteiger partial charge in [-0.05, 0) is 29.8 Å². The normalized spacial score (nSPS) is 14.0. The van der Waals surface area contributed by atoms with E-state index in [1.54, 1.807) is 12.3 Å². The van der Waals surface area contributed by atoms with Gasteiger partial charge >= 0.3 is 0 Å². The lowest BCUT2D eigenvalue weighted by atomic mass is 10.1. The minimum absolute atomic E-state index is 0.521. The largest absolute Gasteiger partial charge is 0.490 e. The minimum atomic E-state index is 0.521. The lowest BCUT2D eigenvalue weighted by Gasteiger charge is -2.09. The van der Waals surface area contributed by atoms with Gasteiger partial charge in [-0.1, -0.05) is 6.07 Å². The zero-order valence-corrected chi connectivity index (χ0v) is 9.93. The van der Waals surface area contributed by atoms with Gasteiger partial charge in [0.25, 0.3) is 0 Å². The SMILES string of the molecule is Nc1ccc(-c2ccc3c(c2)OCCCO3)cn1. The number of nitrogens with zero attached hydrogens (tertiary/aromatic N) is 1. The Morgan fingerprint density at radius 3 is 2.50 bits per heavy atom. The van der Waals surface area contributed by atoms with Crippen molar-refractivity contribution in [2.45, 2.75) is 6.42 Å². The van der Waals surface area contributed by atoms with Crippen LogP contribution in [0.1, 0.15) is 6.42 Å². The molecule has 4 heteroatoms. The maximum absolute atomic E-state index is 5.66. The van der Waals surface area contributed by atoms with E-state index in [9.17, 15) is 0 Å². The summed E-state index contributed by atoms with van der Waals surface area (Å²) in [6.45, 7) is 1.40. The maximum Gasteiger partial charge on any atom is 0.161 e. The van der Waals surface area contributed by atoms with E-state index in [2.05, 4.69) is 4.98 Å². The maximum atomic E-state index is 5.66. The monoisotopic (exact) mass is 242 g/mol. The van der Waals surface area contributed by atoms with Gasteiger partial charge in [-0.15, -0.1) is 0 Å². The number of nitrogen functional groups attached to an aromatic ring is 1. The number of pyridine rings is 1. The van der Waals surface area contributed by atoms with Crippen LogP contribution >= 0.6 is 0 Å². The highest BCUT2D eigenvalue weighted by molar-refractivity contribution is 5.67. The minimum Gasteiger partial charge on any atom is -0.490 e. The number of nitrogens with two attached hydrogens (primary N) is 1. The van der Waals surface area contributed by atoms with Crippen LogP contribution in [0.4, 0.5) is 5.82 Å². The van der Waals surface area contributed by atoms with Gasteiger partial charge < -0.3 is 15.2 Å². The highest BCUT2D eigenvalue weighted by atomic mass is 16.5. The van der Waals surface area contributed by atoms with Gasteiger partial charge in [0.2, 0.25) is 0 Å². The molecule has 92 valence electrons. The fourth-order valence-electron chi connectivity index (χ4n) is 1.92. The molecule has 0 aliphatic carbocycles. The summed E-state index contributed by atoms with van der Waals surface area (Å²) in [4.78, 5) is 4.09. The van der Waals surface area contributed by atoms with Crippen LogP contribution in [0.25, 0.3) is 11.1 Å². The number of aromatic nitrogens is 1. The summed E-state index contributed by atoms with van der Waals surface area (Å²) in [5, 5.41) is 0. The van der Waals surface area contributed by atoms with E-state index < -0.39 is 0 Å². The van der Waals surface area contributed by atoms with E-state index in [0.29, 0.717) is 19.0 Å². The van der Waals surface area contributed by atoms with Gasteiger partial charge in [-0.25, -0.2) is 4.98 Å². The van der Waals surface area contributed by atoms with Crippen molar-refractivity contribution in [2.24, 2.45) is 0 Å². The van der Waals surface area contributed by atoms with Crippen molar-refractivity contribution in [3.63, 3.8) is 0 Å². The molecule has 2 aromatic rings. The van der Waals surface area contributed by atoms with Crippen molar-refractivity contribution in [3.8, 4) is 22.6 Å². The Morgan fingerprint density at radius 1 is 0.944 bits per heavy atom. The van der Waals surface area contributed by atoms with Crippen LogP contribution in [-0.2, 0) is 0 Å². The first-order valence-electron chi connectivity index (χ1n) is 5.94. The van der Waals surface area contributed by atoms with Crippen LogP contribution in [-0.4, -0.2) is 18.2 Å². The van der Waals surface area contributed by atoms with Crippen molar-refractivity contribution in [3.05, 3.63) is 36.5 Å². The number of ether oxygens (including phenoxy) is 2. The summed E-state index contributed by atoms with van der Waals surface area (Å²) < 4.78 is 11.3. The second-order valence-corrected chi connectivity index (χ2v) is 4.18. The number of hydrogen-bond acceptors (Lipinski definition) is 4. The van der Waals surface area contributed by atoms with E-state index in [1.165, 1.54) is 0 Å². The summed E-state index contributed by atoms with van der Waals surface area (Å²) in [5.41, 5.74) is 7.64. The standard InChI is InChI=1S/C14H14N2O2/c15-14-5-3-11(9-16-14)10-2-4-12-13(8-10)18-7-1-6-17-12/h2-5,8-9H,1,6-7H2,(H2,15,16). The van der Waals surface area contributed by atoms with E-state index in [1.807, 2.05) is 24.3 Å². The third-order valence-corrected chi connectivity index (χ3v) is 2.87. The molecule has 0 radical (unpaired) electrons. The molecule has 1 aliphatic rings. The van der Waals surface area contributed by atoms with Crippen molar-refractivity contribution >= 4 is 5.82 Å². The molecule has 0 unspecified atom stereocenters. The molecule has 2 N–H and O–H groups in total. The summed E-state index contributed by atoms with van der Waals surface area (Å²) in [7, 11) is 0. The molecule has 0 saturated heterocycles. The average molecular weight is 242 g/mol. The zero-order valence-electron chi connectivity index (χ0n) is 9.93. The van der Waals surface area contributed by atoms with E-state index >= 15 is 0 Å². The van der Waals surface area contributed by atoms with Gasteiger partial charge in [0, 0.05) is 18.2 Å². The van der Waals surface area contributed by atoms with Gasteiger partial charge in [0.05, 0.1) is 13.2 Å². The molecule has 0 bridgehead atoms. The Bertz CT molecular complexity index is 552. The Kier molecular flexibility index (Phi) is 2.76. The number of fused-ring (bicyclic) bond motifs is 1. The molecule has 3 rings (SSSR count). The third-order valence-electron chi connectivity index (χ3n) is 2.87. The molecule has 2 heterocycles. The number of benzene rings is 1. The fourth-order valence-corrected chi connectivity index (χ4v) is 1.92. The highest BCUT2D eigenvalue weighted by Crippen LogP contribution is 2.34. The fraction of sp³-hybridized carbons (Fsp3) is 0.214. The molecule has 1 aromatic carbocycles. The third kappa shape index (κ3) is 2.09. The molecule has 18 heavy (non-hydrogen) atoms. The summed E-state index contributed by atoms with van der Waals surface area (Å²) in [6.07, 6.45) is 2.67. The van der Waals surface area contributed by atoms with Crippen molar-refractivity contribution in [2.75, 3.05) is 18.9 Å². The first-order valence-corrected chi connectivity index (χ1v) is 5.94. The molecule has 0 spiro atoms. The lowest BCUT2D eigenvalue weighted by Crippen LogP contribution is -1.97. The molecule has 0 fully saturated rings. The highest BCUT2D eigenvalue weighted by Gasteiger charge is 2.11. The van der Waals surface area contributed by atoms with Gasteiger partial charge in [0.15, 0.2) is 11.5 Å². The molecule has 0 amide bonds. The number of rotatable bonds is 1. The molecule has 1 aliphatic heterocycles. The molecule has 0 atom stereocenters. The average Bonchev–Trinajstić information content (AvgIpc) is 2.64. The Hall–Kier alpha value is -2.23. The molecular formula is C14H14N2O2. The Balaban J connectivity index is 1.98. The van der Waals surface area contributed by atoms with Gasteiger partial charge in [-0.2, -0.15) is 0 Å². The van der Waals surface area contributed by atoms with E-state index in [0.717, 1.165) is 29.0 Å². The van der Waals surface area contributed by atoms with Crippen molar-refractivity contribution < 1.29 is 9.47 Å². The van der Waals surface area contributed by atoms with Crippen LogP contribution in [0, 0.1) is 0 Å². The predicted octanol–water partition coefficient (Wildman–Crippen LogP) is 2.49. The number of anilines is 1. The molecule has 1 aromatic heterocycles. The van der Waals surface area contributed by atoms with Gasteiger partial charge in [0.1, 0.15) is 5.82 Å². The first-order chi connectivity index (χ1) is 8.83. The predicted molar refractivity (Wildman–Crippen MR) is 69.7 cm³/mol. The zero-order chi connectivity index (χ0) is 12.4. The van der Waals surface area contributed by atoms with Crippen LogP contribution in [0.15, 0.2) is 36.5 Å². The Labute approximate surface area is 105 Å². The molecular weight excluding hydrogens is 228 g/mol. The quantitative estimate of drug-likeness (QED) is 0.834. The van der Waals surface area contributed by atoms with Gasteiger partial charge in [-0.3, -0.25) is 0 Å². The summed E-state index contributed by atoms with van der Waals surface area (Å²) in [6, 6.07) is 9.65. The molecule has 0 saturated carbocycles. The molecule has 4 nitrogen and oxygen atoms in total.